The summed E-state index contributed by atoms with van der Waals surface area (Å²) in [6, 6.07) is 9.28. The summed E-state index contributed by atoms with van der Waals surface area (Å²) in [7, 11) is 0. The summed E-state index contributed by atoms with van der Waals surface area (Å²) in [4.78, 5) is 10.5. The molecular formula is C13H10O3S. The highest BCUT2D eigenvalue weighted by Crippen LogP contribution is 2.67. The molecule has 2 atom stereocenters. The van der Waals surface area contributed by atoms with Gasteiger partial charge in [0.05, 0.1) is 0 Å². The summed E-state index contributed by atoms with van der Waals surface area (Å²) >= 11 is 1.30. The van der Waals surface area contributed by atoms with E-state index in [1.54, 1.807) is 18.2 Å². The van der Waals surface area contributed by atoms with Gasteiger partial charge in [-0.05, 0) is 18.2 Å². The molecule has 0 spiro atoms. The van der Waals surface area contributed by atoms with Gasteiger partial charge in [0.15, 0.2) is 4.75 Å². The number of carboxylic acid groups (broad SMARTS) is 1. The van der Waals surface area contributed by atoms with E-state index in [0.717, 1.165) is 0 Å². The second-order valence-corrected chi connectivity index (χ2v) is 5.40. The molecule has 3 rings (SSSR count). The third-order valence-corrected chi connectivity index (χ3v) is 4.45. The van der Waals surface area contributed by atoms with Crippen molar-refractivity contribution in [2.24, 2.45) is 0 Å². The van der Waals surface area contributed by atoms with Crippen LogP contribution in [0, 0.1) is 0 Å². The second-order valence-electron chi connectivity index (χ2n) is 3.94. The van der Waals surface area contributed by atoms with Gasteiger partial charge in [0, 0.05) is 0 Å². The van der Waals surface area contributed by atoms with E-state index in [0.29, 0.717) is 5.75 Å². The lowest BCUT2D eigenvalue weighted by Crippen LogP contribution is -2.36. The summed E-state index contributed by atoms with van der Waals surface area (Å²) < 4.78 is 4.86. The fraction of sp³-hybridized carbons (Fsp3) is 0.154. The number of hydrogen-bond donors (Lipinski definition) is 1. The Kier molecular flexibility index (Phi) is 2.10. The van der Waals surface area contributed by atoms with E-state index in [-0.39, 0.29) is 0 Å². The van der Waals surface area contributed by atoms with E-state index in [1.165, 1.54) is 11.8 Å². The summed E-state index contributed by atoms with van der Waals surface area (Å²) in [5.41, 5.74) is 0. The molecule has 1 heterocycles. The van der Waals surface area contributed by atoms with Crippen molar-refractivity contribution in [1.82, 2.24) is 0 Å². The van der Waals surface area contributed by atoms with Gasteiger partial charge >= 0.3 is 5.97 Å². The third-order valence-electron chi connectivity index (χ3n) is 2.88. The smallest absolute Gasteiger partial charge is 0.329 e. The second kappa shape index (κ2) is 3.40. The molecule has 1 saturated heterocycles. The van der Waals surface area contributed by atoms with E-state index < -0.39 is 15.6 Å². The minimum absolute atomic E-state index is 0.683. The quantitative estimate of drug-likeness (QED) is 0.832. The first-order valence-electron chi connectivity index (χ1n) is 5.23. The topological polar surface area (TPSA) is 46.5 Å². The zero-order valence-corrected chi connectivity index (χ0v) is 9.68. The maximum absolute atomic E-state index is 11.3. The Morgan fingerprint density at radius 1 is 1.18 bits per heavy atom. The van der Waals surface area contributed by atoms with Gasteiger partial charge in [-0.15, -0.1) is 0 Å². The third kappa shape index (κ3) is 1.41. The number of aliphatic carboxylic acids is 1. The van der Waals surface area contributed by atoms with Crippen molar-refractivity contribution in [1.29, 1.82) is 0 Å². The molecule has 0 saturated carbocycles. The highest BCUT2D eigenvalue weighted by atomic mass is 32.2. The number of fused-ring (bicyclic) bond motifs is 1. The predicted octanol–water partition coefficient (Wildman–Crippen LogP) is 2.46. The summed E-state index contributed by atoms with van der Waals surface area (Å²) in [6.45, 7) is 0. The molecule has 1 aromatic rings. The van der Waals surface area contributed by atoms with E-state index in [1.807, 2.05) is 36.4 Å². The molecule has 86 valence electrons. The Labute approximate surface area is 103 Å². The number of benzene rings is 1. The molecule has 1 aliphatic carbocycles. The van der Waals surface area contributed by atoms with Crippen LogP contribution in [0.1, 0.15) is 0 Å². The average Bonchev–Trinajstić information content (AvgIpc) is 3.00. The van der Waals surface area contributed by atoms with Crippen molar-refractivity contribution in [3.8, 4) is 5.75 Å². The van der Waals surface area contributed by atoms with Gasteiger partial charge in [0.1, 0.15) is 5.75 Å². The Hall–Kier alpha value is -1.68. The van der Waals surface area contributed by atoms with Crippen molar-refractivity contribution in [3.63, 3.8) is 0 Å². The lowest BCUT2D eigenvalue weighted by Gasteiger charge is -2.18. The Balaban J connectivity index is 1.92. The molecule has 1 N–H and O–H groups in total. The van der Waals surface area contributed by atoms with Crippen molar-refractivity contribution in [2.45, 2.75) is 9.68 Å². The first-order chi connectivity index (χ1) is 8.19. The van der Waals surface area contributed by atoms with Crippen LogP contribution in [-0.2, 0) is 4.79 Å². The lowest BCUT2D eigenvalue weighted by molar-refractivity contribution is -0.139. The van der Waals surface area contributed by atoms with Gasteiger partial charge in [-0.1, -0.05) is 48.2 Å². The lowest BCUT2D eigenvalue weighted by atomic mass is 9.98. The largest absolute Gasteiger partial charge is 0.480 e. The summed E-state index contributed by atoms with van der Waals surface area (Å²) in [6.07, 6.45) is 7.06. The average molecular weight is 246 g/mol. The molecule has 2 aliphatic rings. The van der Waals surface area contributed by atoms with Gasteiger partial charge in [0.25, 0.3) is 0 Å². The van der Waals surface area contributed by atoms with Crippen LogP contribution < -0.4 is 4.74 Å². The number of carboxylic acids is 1. The monoisotopic (exact) mass is 246 g/mol. The number of para-hydroxylation sites is 1. The van der Waals surface area contributed by atoms with Crippen LogP contribution >= 0.6 is 11.8 Å². The number of allylic oxidation sites excluding steroid dienone is 2. The van der Waals surface area contributed by atoms with Crippen LogP contribution in [0.15, 0.2) is 54.6 Å². The number of thioether (sulfide) groups is 1. The molecule has 2 unspecified atom stereocenters. The number of hydrogen-bond acceptors (Lipinski definition) is 3. The maximum Gasteiger partial charge on any atom is 0.329 e. The molecule has 4 heteroatoms. The van der Waals surface area contributed by atoms with Crippen molar-refractivity contribution in [3.05, 3.63) is 54.6 Å². The summed E-state index contributed by atoms with van der Waals surface area (Å²) in [5, 5.41) is 9.30. The first kappa shape index (κ1) is 10.5. The first-order valence-corrected chi connectivity index (χ1v) is 6.05. The molecule has 0 bridgehead atoms. The highest BCUT2D eigenvalue weighted by Gasteiger charge is 2.75. The molecule has 17 heavy (non-hydrogen) atoms. The van der Waals surface area contributed by atoms with Gasteiger partial charge in [0.2, 0.25) is 4.93 Å². The molecule has 0 radical (unpaired) electrons. The molecule has 3 nitrogen and oxygen atoms in total. The van der Waals surface area contributed by atoms with Crippen molar-refractivity contribution < 1.29 is 14.6 Å². The standard InChI is InChI=1S/C13H10O3S/c14-11(15)12-8-4-5-9-13(12,17-12)16-10-6-2-1-3-7-10/h1-9H,(H,14,15). The minimum Gasteiger partial charge on any atom is -0.480 e. The normalized spacial score (nSPS) is 32.9. The minimum atomic E-state index is -0.961. The van der Waals surface area contributed by atoms with Crippen LogP contribution in [0.4, 0.5) is 0 Å². The Bertz CT molecular complexity index is 523. The molecule has 1 aromatic carbocycles. The molecule has 1 fully saturated rings. The zero-order chi connectivity index (χ0) is 11.9. The van der Waals surface area contributed by atoms with Gasteiger partial charge in [-0.3, -0.25) is 4.79 Å². The van der Waals surface area contributed by atoms with Crippen LogP contribution in [0.5, 0.6) is 5.75 Å². The molecular weight excluding hydrogens is 236 g/mol. The van der Waals surface area contributed by atoms with Crippen LogP contribution in [0.3, 0.4) is 0 Å². The Morgan fingerprint density at radius 2 is 1.88 bits per heavy atom. The zero-order valence-electron chi connectivity index (χ0n) is 8.87. The van der Waals surface area contributed by atoms with Crippen LogP contribution in [0.2, 0.25) is 0 Å². The van der Waals surface area contributed by atoms with Gasteiger partial charge < -0.3 is 9.84 Å². The van der Waals surface area contributed by atoms with Crippen LogP contribution in [0.25, 0.3) is 0 Å². The van der Waals surface area contributed by atoms with Crippen LogP contribution in [-0.4, -0.2) is 20.8 Å². The van der Waals surface area contributed by atoms with E-state index in [4.69, 9.17) is 4.74 Å². The van der Waals surface area contributed by atoms with E-state index in [9.17, 15) is 9.90 Å². The van der Waals surface area contributed by atoms with Crippen molar-refractivity contribution in [2.75, 3.05) is 0 Å². The molecule has 1 aliphatic heterocycles. The predicted molar refractivity (Wildman–Crippen MR) is 66.0 cm³/mol. The fourth-order valence-electron chi connectivity index (χ4n) is 1.95. The maximum atomic E-state index is 11.3. The molecule has 0 aromatic heterocycles. The summed E-state index contributed by atoms with van der Waals surface area (Å²) in [5.74, 6) is -0.179. The van der Waals surface area contributed by atoms with E-state index in [2.05, 4.69) is 0 Å². The Morgan fingerprint density at radius 3 is 2.59 bits per heavy atom. The SMILES string of the molecule is O=C(O)C12C=CC=CC1(Oc1ccccc1)S2. The number of rotatable bonds is 3. The number of ether oxygens (including phenoxy) is 1. The van der Waals surface area contributed by atoms with E-state index >= 15 is 0 Å². The van der Waals surface area contributed by atoms with Gasteiger partial charge in [-0.25, -0.2) is 0 Å². The number of carbonyl (C=O) groups is 1. The van der Waals surface area contributed by atoms with Gasteiger partial charge in [-0.2, -0.15) is 0 Å². The molecule has 0 amide bonds. The van der Waals surface area contributed by atoms with Crippen molar-refractivity contribution >= 4 is 17.7 Å². The highest BCUT2D eigenvalue weighted by molar-refractivity contribution is 8.10. The fourth-order valence-corrected chi connectivity index (χ4v) is 3.16.